The number of pyridine rings is 1. The molecule has 0 bridgehead atoms. The van der Waals surface area contributed by atoms with Crippen LogP contribution in [0.25, 0.3) is 0 Å². The highest BCUT2D eigenvalue weighted by Crippen LogP contribution is 2.22. The Kier molecular flexibility index (Phi) is 4.05. The molecule has 0 saturated carbocycles. The Balaban J connectivity index is 1.99. The summed E-state index contributed by atoms with van der Waals surface area (Å²) in [5.74, 6) is 1.07. The maximum Gasteiger partial charge on any atom is 0.144 e. The van der Waals surface area contributed by atoms with E-state index in [1.54, 1.807) is 12.3 Å². The second-order valence-corrected chi connectivity index (χ2v) is 4.70. The molecule has 3 N–H and O–H groups in total. The number of nitrogen functional groups attached to an aromatic ring is 1. The minimum absolute atomic E-state index is 0.390. The van der Waals surface area contributed by atoms with Gasteiger partial charge >= 0.3 is 0 Å². The molecular weight excluding hydrogens is 246 g/mol. The SMILES string of the molecule is CC(CNc1ncc(N)cc1Cl)c1ccccc1. The zero-order valence-corrected chi connectivity index (χ0v) is 11.0. The van der Waals surface area contributed by atoms with E-state index in [0.29, 0.717) is 22.4 Å². The van der Waals surface area contributed by atoms with Crippen LogP contribution in [-0.2, 0) is 0 Å². The number of hydrogen-bond donors (Lipinski definition) is 2. The number of halogens is 1. The van der Waals surface area contributed by atoms with Crippen LogP contribution in [0.2, 0.25) is 5.02 Å². The lowest BCUT2D eigenvalue weighted by Crippen LogP contribution is -2.11. The van der Waals surface area contributed by atoms with Crippen molar-refractivity contribution in [3.63, 3.8) is 0 Å². The van der Waals surface area contributed by atoms with Gasteiger partial charge in [0.25, 0.3) is 0 Å². The van der Waals surface area contributed by atoms with E-state index in [0.717, 1.165) is 6.54 Å². The van der Waals surface area contributed by atoms with Crippen molar-refractivity contribution >= 4 is 23.1 Å². The van der Waals surface area contributed by atoms with Crippen molar-refractivity contribution in [3.05, 3.63) is 53.2 Å². The molecule has 2 aromatic rings. The first-order valence-electron chi connectivity index (χ1n) is 5.86. The van der Waals surface area contributed by atoms with E-state index in [-0.39, 0.29) is 0 Å². The van der Waals surface area contributed by atoms with Gasteiger partial charge in [0.1, 0.15) is 5.82 Å². The van der Waals surface area contributed by atoms with Gasteiger partial charge in [-0.1, -0.05) is 48.9 Å². The number of hydrogen-bond acceptors (Lipinski definition) is 3. The van der Waals surface area contributed by atoms with E-state index in [9.17, 15) is 0 Å². The van der Waals surface area contributed by atoms with Gasteiger partial charge in [0.2, 0.25) is 0 Å². The van der Waals surface area contributed by atoms with Crippen molar-refractivity contribution < 1.29 is 0 Å². The average molecular weight is 262 g/mol. The van der Waals surface area contributed by atoms with Crippen LogP contribution in [0.3, 0.4) is 0 Å². The number of anilines is 2. The van der Waals surface area contributed by atoms with E-state index in [2.05, 4.69) is 29.4 Å². The van der Waals surface area contributed by atoms with Crippen molar-refractivity contribution in [1.82, 2.24) is 4.98 Å². The van der Waals surface area contributed by atoms with Crippen LogP contribution in [0.1, 0.15) is 18.4 Å². The third-order valence-corrected chi connectivity index (χ3v) is 3.09. The predicted octanol–water partition coefficient (Wildman–Crippen LogP) is 3.53. The molecule has 0 spiro atoms. The van der Waals surface area contributed by atoms with Crippen molar-refractivity contribution in [2.75, 3.05) is 17.6 Å². The standard InChI is InChI=1S/C14H16ClN3/c1-10(11-5-3-2-4-6-11)8-17-14-13(15)7-12(16)9-18-14/h2-7,9-10H,8,16H2,1H3,(H,17,18). The van der Waals surface area contributed by atoms with Gasteiger partial charge in [0.05, 0.1) is 16.9 Å². The van der Waals surface area contributed by atoms with Crippen LogP contribution >= 0.6 is 11.6 Å². The van der Waals surface area contributed by atoms with Crippen molar-refractivity contribution in [2.45, 2.75) is 12.8 Å². The van der Waals surface area contributed by atoms with Gasteiger partial charge in [-0.05, 0) is 17.5 Å². The molecule has 0 fully saturated rings. The molecule has 18 heavy (non-hydrogen) atoms. The van der Waals surface area contributed by atoms with Crippen molar-refractivity contribution in [2.24, 2.45) is 0 Å². The minimum Gasteiger partial charge on any atom is -0.397 e. The molecule has 1 aromatic carbocycles. The number of rotatable bonds is 4. The maximum absolute atomic E-state index is 6.05. The molecule has 3 nitrogen and oxygen atoms in total. The zero-order chi connectivity index (χ0) is 13.0. The summed E-state index contributed by atoms with van der Waals surface area (Å²) in [6, 6.07) is 12.0. The Morgan fingerprint density at radius 3 is 2.72 bits per heavy atom. The maximum atomic E-state index is 6.05. The van der Waals surface area contributed by atoms with Gasteiger partial charge < -0.3 is 11.1 Å². The molecule has 1 aromatic heterocycles. The van der Waals surface area contributed by atoms with Crippen LogP contribution in [0.5, 0.6) is 0 Å². The summed E-state index contributed by atoms with van der Waals surface area (Å²) in [4.78, 5) is 4.18. The summed E-state index contributed by atoms with van der Waals surface area (Å²) in [7, 11) is 0. The van der Waals surface area contributed by atoms with E-state index < -0.39 is 0 Å². The topological polar surface area (TPSA) is 50.9 Å². The summed E-state index contributed by atoms with van der Waals surface area (Å²) >= 11 is 6.05. The lowest BCUT2D eigenvalue weighted by molar-refractivity contribution is 0.801. The molecule has 0 radical (unpaired) electrons. The van der Waals surface area contributed by atoms with Gasteiger partial charge in [-0.3, -0.25) is 0 Å². The van der Waals surface area contributed by atoms with Gasteiger partial charge in [-0.25, -0.2) is 4.98 Å². The highest BCUT2D eigenvalue weighted by Gasteiger charge is 2.07. The smallest absolute Gasteiger partial charge is 0.144 e. The van der Waals surface area contributed by atoms with Gasteiger partial charge in [0, 0.05) is 6.54 Å². The fraction of sp³-hybridized carbons (Fsp3) is 0.214. The molecule has 0 amide bonds. The Morgan fingerprint density at radius 2 is 2.06 bits per heavy atom. The van der Waals surface area contributed by atoms with Crippen LogP contribution in [0.4, 0.5) is 11.5 Å². The fourth-order valence-corrected chi connectivity index (χ4v) is 1.97. The quantitative estimate of drug-likeness (QED) is 0.885. The number of nitrogens with one attached hydrogen (secondary N) is 1. The number of nitrogens with zero attached hydrogens (tertiary/aromatic N) is 1. The summed E-state index contributed by atoms with van der Waals surface area (Å²) in [6.07, 6.45) is 1.60. The molecule has 0 aliphatic heterocycles. The molecule has 2 rings (SSSR count). The van der Waals surface area contributed by atoms with Crippen LogP contribution < -0.4 is 11.1 Å². The van der Waals surface area contributed by atoms with Gasteiger partial charge in [0.15, 0.2) is 0 Å². The molecule has 1 atom stereocenters. The largest absolute Gasteiger partial charge is 0.397 e. The Labute approximate surface area is 112 Å². The third-order valence-electron chi connectivity index (χ3n) is 2.81. The molecule has 1 unspecified atom stereocenters. The summed E-state index contributed by atoms with van der Waals surface area (Å²) < 4.78 is 0. The molecule has 4 heteroatoms. The van der Waals surface area contributed by atoms with Crippen LogP contribution in [-0.4, -0.2) is 11.5 Å². The fourth-order valence-electron chi connectivity index (χ4n) is 1.73. The highest BCUT2D eigenvalue weighted by atomic mass is 35.5. The highest BCUT2D eigenvalue weighted by molar-refractivity contribution is 6.33. The second-order valence-electron chi connectivity index (χ2n) is 4.29. The molecular formula is C14H16ClN3. The van der Waals surface area contributed by atoms with Crippen molar-refractivity contribution in [1.29, 1.82) is 0 Å². The molecule has 1 heterocycles. The third kappa shape index (κ3) is 3.14. The van der Waals surface area contributed by atoms with E-state index in [1.165, 1.54) is 5.56 Å². The first-order valence-corrected chi connectivity index (χ1v) is 6.24. The lowest BCUT2D eigenvalue weighted by atomic mass is 10.0. The van der Waals surface area contributed by atoms with Gasteiger partial charge in [-0.2, -0.15) is 0 Å². The Bertz CT molecular complexity index is 514. The number of nitrogens with two attached hydrogens (primary N) is 1. The van der Waals surface area contributed by atoms with Crippen molar-refractivity contribution in [3.8, 4) is 0 Å². The summed E-state index contributed by atoms with van der Waals surface area (Å²) in [6.45, 7) is 2.94. The first kappa shape index (κ1) is 12.7. The number of aromatic nitrogens is 1. The monoisotopic (exact) mass is 261 g/mol. The van der Waals surface area contributed by atoms with E-state index in [4.69, 9.17) is 17.3 Å². The summed E-state index contributed by atoms with van der Waals surface area (Å²) in [5, 5.41) is 3.79. The normalized spacial score (nSPS) is 12.1. The lowest BCUT2D eigenvalue weighted by Gasteiger charge is -2.14. The second kappa shape index (κ2) is 5.74. The predicted molar refractivity (Wildman–Crippen MR) is 77.0 cm³/mol. The first-order chi connectivity index (χ1) is 8.66. The zero-order valence-electron chi connectivity index (χ0n) is 10.2. The van der Waals surface area contributed by atoms with Gasteiger partial charge in [-0.15, -0.1) is 0 Å². The van der Waals surface area contributed by atoms with Crippen LogP contribution in [0.15, 0.2) is 42.6 Å². The minimum atomic E-state index is 0.390. The molecule has 94 valence electrons. The van der Waals surface area contributed by atoms with E-state index in [1.807, 2.05) is 18.2 Å². The average Bonchev–Trinajstić information content (AvgIpc) is 2.38. The van der Waals surface area contributed by atoms with Crippen LogP contribution in [0, 0.1) is 0 Å². The molecule has 0 saturated heterocycles. The molecule has 0 aliphatic rings. The summed E-state index contributed by atoms with van der Waals surface area (Å²) in [5.41, 5.74) is 7.46. The van der Waals surface area contributed by atoms with E-state index >= 15 is 0 Å². The Morgan fingerprint density at radius 1 is 1.33 bits per heavy atom. The number of benzene rings is 1. The Hall–Kier alpha value is -1.74. The molecule has 0 aliphatic carbocycles.